The molecule has 2 N–H and O–H groups in total. The second-order valence-corrected chi connectivity index (χ2v) is 10.1. The zero-order valence-electron chi connectivity index (χ0n) is 20.6. The van der Waals surface area contributed by atoms with E-state index in [-0.39, 0.29) is 12.5 Å². The van der Waals surface area contributed by atoms with Crippen molar-refractivity contribution in [1.29, 1.82) is 0 Å². The highest BCUT2D eigenvalue weighted by Gasteiger charge is 2.41. The molecule has 1 aromatic rings. The first kappa shape index (κ1) is 24.6. The van der Waals surface area contributed by atoms with E-state index < -0.39 is 17.7 Å². The summed E-state index contributed by atoms with van der Waals surface area (Å²) in [6, 6.07) is 5.90. The molecule has 1 saturated heterocycles. The van der Waals surface area contributed by atoms with Gasteiger partial charge in [0.05, 0.1) is 18.3 Å². The third kappa shape index (κ3) is 5.46. The van der Waals surface area contributed by atoms with Crippen LogP contribution in [0.5, 0.6) is 0 Å². The van der Waals surface area contributed by atoms with Crippen LogP contribution in [-0.2, 0) is 9.53 Å². The molecule has 0 aromatic heterocycles. The molecule has 7 nitrogen and oxygen atoms in total. The zero-order valence-corrected chi connectivity index (χ0v) is 20.6. The highest BCUT2D eigenvalue weighted by molar-refractivity contribution is 6.05. The van der Waals surface area contributed by atoms with Crippen molar-refractivity contribution in [1.82, 2.24) is 9.80 Å². The third-order valence-electron chi connectivity index (χ3n) is 5.97. The Morgan fingerprint density at radius 2 is 2.00 bits per heavy atom. The van der Waals surface area contributed by atoms with E-state index in [2.05, 4.69) is 39.5 Å². The molecule has 3 rings (SSSR count). The van der Waals surface area contributed by atoms with Crippen LogP contribution in [0.4, 0.5) is 10.5 Å². The van der Waals surface area contributed by atoms with Crippen LogP contribution in [0.3, 0.4) is 0 Å². The molecule has 0 spiro atoms. The second kappa shape index (κ2) is 9.41. The van der Waals surface area contributed by atoms with E-state index in [4.69, 9.17) is 15.5 Å². The van der Waals surface area contributed by atoms with Crippen molar-refractivity contribution in [3.05, 3.63) is 53.3 Å². The number of ether oxygens (including phenoxy) is 1. The molecule has 0 bridgehead atoms. The lowest BCUT2D eigenvalue weighted by Crippen LogP contribution is -2.58. The maximum atomic E-state index is 13.0. The van der Waals surface area contributed by atoms with Crippen LogP contribution >= 0.6 is 0 Å². The Kier molecular flexibility index (Phi) is 7.00. The van der Waals surface area contributed by atoms with Crippen LogP contribution in [0.2, 0.25) is 0 Å². The Labute approximate surface area is 197 Å². The molecule has 33 heavy (non-hydrogen) atoms. The number of amides is 2. The van der Waals surface area contributed by atoms with E-state index in [1.807, 2.05) is 26.8 Å². The Balaban J connectivity index is 2.02. The minimum absolute atomic E-state index is 0.217. The van der Waals surface area contributed by atoms with Crippen molar-refractivity contribution >= 4 is 23.4 Å². The van der Waals surface area contributed by atoms with E-state index in [1.165, 1.54) is 11.6 Å². The molecule has 2 aliphatic rings. The topological polar surface area (TPSA) is 88.2 Å². The molecule has 0 radical (unpaired) electrons. The van der Waals surface area contributed by atoms with Crippen LogP contribution < -0.4 is 5.73 Å². The van der Waals surface area contributed by atoms with Crippen LogP contribution in [0, 0.1) is 6.92 Å². The van der Waals surface area contributed by atoms with Gasteiger partial charge in [0.25, 0.3) is 0 Å². The number of hydrogen-bond donors (Lipinski definition) is 1. The number of fused-ring (bicyclic) bond motifs is 1. The molecule has 2 amide bonds. The van der Waals surface area contributed by atoms with E-state index in [0.29, 0.717) is 31.1 Å². The first-order valence-corrected chi connectivity index (χ1v) is 11.5. The number of carbonyl (C=O) groups excluding carboxylic acids is 2. The zero-order chi connectivity index (χ0) is 24.5. The largest absolute Gasteiger partial charge is 0.444 e. The first-order valence-electron chi connectivity index (χ1n) is 11.5. The fourth-order valence-corrected chi connectivity index (χ4v) is 4.28. The van der Waals surface area contributed by atoms with Gasteiger partial charge in [-0.2, -0.15) is 0 Å². The molecule has 1 fully saturated rings. The van der Waals surface area contributed by atoms with Crippen molar-refractivity contribution < 1.29 is 14.3 Å². The summed E-state index contributed by atoms with van der Waals surface area (Å²) < 4.78 is 5.65. The number of hydrogen-bond acceptors (Lipinski definition) is 5. The van der Waals surface area contributed by atoms with Gasteiger partial charge in [-0.05, 0) is 56.9 Å². The predicted molar refractivity (Wildman–Crippen MR) is 132 cm³/mol. The lowest BCUT2D eigenvalue weighted by Gasteiger charge is -2.44. The van der Waals surface area contributed by atoms with Gasteiger partial charge in [-0.1, -0.05) is 32.6 Å². The molecular weight excluding hydrogens is 416 g/mol. The fraction of sp³-hybridized carbons (Fsp3) is 0.500. The maximum absolute atomic E-state index is 13.0. The smallest absolute Gasteiger partial charge is 0.410 e. The standard InChI is InChI=1S/C26H36N4O3/c1-8-23(31)29-14-19(27)24-21(28-20-10-9-18(16(2)3)13-17(20)4)11-12-30(22(24)15-29)25(32)33-26(5,6)7/h8-10,13,16,22H,1,11-12,14-15,27H2,2-7H3. The Bertz CT molecular complexity index is 1020. The number of aryl methyl sites for hydroxylation is 1. The van der Waals surface area contributed by atoms with E-state index >= 15 is 0 Å². The molecular formula is C26H36N4O3. The summed E-state index contributed by atoms with van der Waals surface area (Å²) in [6.45, 7) is 16.5. The summed E-state index contributed by atoms with van der Waals surface area (Å²) in [4.78, 5) is 33.6. The SMILES string of the molecule is C=CC(=O)N1CC(N)=C2C(=Nc3ccc(C(C)C)cc3C)CCN(C(=O)OC(C)(C)C)C2C1. The number of nitrogens with two attached hydrogens (primary N) is 1. The predicted octanol–water partition coefficient (Wildman–Crippen LogP) is 4.44. The van der Waals surface area contributed by atoms with Crippen molar-refractivity contribution in [3.63, 3.8) is 0 Å². The summed E-state index contributed by atoms with van der Waals surface area (Å²) in [5.74, 6) is 0.224. The average Bonchev–Trinajstić information content (AvgIpc) is 2.72. The summed E-state index contributed by atoms with van der Waals surface area (Å²) in [6.07, 6.45) is 1.42. The molecule has 178 valence electrons. The van der Waals surface area contributed by atoms with Crippen LogP contribution in [0.25, 0.3) is 0 Å². The number of nitrogens with zero attached hydrogens (tertiary/aromatic N) is 3. The van der Waals surface area contributed by atoms with Gasteiger partial charge in [0.2, 0.25) is 5.91 Å². The minimum atomic E-state index is -0.624. The van der Waals surface area contributed by atoms with Crippen molar-refractivity contribution in [3.8, 4) is 0 Å². The Morgan fingerprint density at radius 3 is 2.58 bits per heavy atom. The van der Waals surface area contributed by atoms with Gasteiger partial charge in [-0.25, -0.2) is 4.79 Å². The Morgan fingerprint density at radius 1 is 1.30 bits per heavy atom. The maximum Gasteiger partial charge on any atom is 0.410 e. The molecule has 1 unspecified atom stereocenters. The fourth-order valence-electron chi connectivity index (χ4n) is 4.28. The van der Waals surface area contributed by atoms with E-state index in [9.17, 15) is 9.59 Å². The van der Waals surface area contributed by atoms with Gasteiger partial charge >= 0.3 is 6.09 Å². The second-order valence-electron chi connectivity index (χ2n) is 10.1. The molecule has 2 aliphatic heterocycles. The highest BCUT2D eigenvalue weighted by Crippen LogP contribution is 2.32. The van der Waals surface area contributed by atoms with Gasteiger partial charge in [0.1, 0.15) is 5.60 Å². The number of aliphatic imine (C=N–C) groups is 1. The molecule has 0 saturated carbocycles. The van der Waals surface area contributed by atoms with Crippen LogP contribution in [0.1, 0.15) is 58.1 Å². The molecule has 1 atom stereocenters. The van der Waals surface area contributed by atoms with Crippen molar-refractivity contribution in [2.24, 2.45) is 10.7 Å². The van der Waals surface area contributed by atoms with Crippen LogP contribution in [-0.4, -0.2) is 58.8 Å². The summed E-state index contributed by atoms with van der Waals surface area (Å²) in [7, 11) is 0. The quantitative estimate of drug-likeness (QED) is 0.687. The third-order valence-corrected chi connectivity index (χ3v) is 5.97. The normalized spacial score (nSPS) is 20.2. The van der Waals surface area contributed by atoms with Gasteiger partial charge in [0.15, 0.2) is 0 Å². The van der Waals surface area contributed by atoms with Crippen LogP contribution in [0.15, 0.2) is 47.1 Å². The number of benzene rings is 1. The first-order chi connectivity index (χ1) is 15.4. The van der Waals surface area contributed by atoms with Gasteiger partial charge < -0.3 is 15.4 Å². The highest BCUT2D eigenvalue weighted by atomic mass is 16.6. The number of likely N-dealkylation sites (tertiary alicyclic amines) is 1. The van der Waals surface area contributed by atoms with Crippen molar-refractivity contribution in [2.75, 3.05) is 19.6 Å². The number of rotatable bonds is 3. The molecule has 2 heterocycles. The monoisotopic (exact) mass is 452 g/mol. The van der Waals surface area contributed by atoms with Gasteiger partial charge in [-0.3, -0.25) is 14.7 Å². The molecule has 7 heteroatoms. The summed E-state index contributed by atoms with van der Waals surface area (Å²) in [5.41, 5.74) is 11.4. The van der Waals surface area contributed by atoms with E-state index in [0.717, 1.165) is 22.5 Å². The number of carbonyl (C=O) groups is 2. The van der Waals surface area contributed by atoms with Gasteiger partial charge in [0, 0.05) is 36.5 Å². The van der Waals surface area contributed by atoms with Gasteiger partial charge in [-0.15, -0.1) is 0 Å². The number of piperidine rings is 1. The average molecular weight is 453 g/mol. The summed E-state index contributed by atoms with van der Waals surface area (Å²) >= 11 is 0. The lowest BCUT2D eigenvalue weighted by molar-refractivity contribution is -0.126. The lowest BCUT2D eigenvalue weighted by atomic mass is 9.88. The Hall–Kier alpha value is -3.09. The molecule has 1 aromatic carbocycles. The molecule has 0 aliphatic carbocycles. The van der Waals surface area contributed by atoms with E-state index in [1.54, 1.807) is 9.80 Å². The van der Waals surface area contributed by atoms with Crippen molar-refractivity contribution in [2.45, 2.75) is 65.5 Å². The minimum Gasteiger partial charge on any atom is -0.444 e. The summed E-state index contributed by atoms with van der Waals surface area (Å²) in [5, 5.41) is 0.